The van der Waals surface area contributed by atoms with Gasteiger partial charge in [0.15, 0.2) is 0 Å². The SMILES string of the molecule is CC1Cc2cc(S(=O)(=O)NCCC3=CCCCC3)ccc2N1C(=O)C1CC1. The van der Waals surface area contributed by atoms with Crippen LogP contribution in [0.2, 0.25) is 0 Å². The number of fused-ring (bicyclic) bond motifs is 1. The molecule has 1 aliphatic heterocycles. The summed E-state index contributed by atoms with van der Waals surface area (Å²) in [5.41, 5.74) is 3.20. The van der Waals surface area contributed by atoms with Crippen molar-refractivity contribution in [3.8, 4) is 0 Å². The summed E-state index contributed by atoms with van der Waals surface area (Å²) in [7, 11) is -3.52. The second kappa shape index (κ2) is 7.40. The fourth-order valence-electron chi connectivity index (χ4n) is 4.20. The highest BCUT2D eigenvalue weighted by molar-refractivity contribution is 7.89. The number of amides is 1. The predicted molar refractivity (Wildman–Crippen MR) is 106 cm³/mol. The van der Waals surface area contributed by atoms with Crippen LogP contribution >= 0.6 is 0 Å². The molecule has 0 radical (unpaired) electrons. The average Bonchev–Trinajstić information content (AvgIpc) is 3.44. The van der Waals surface area contributed by atoms with Crippen molar-refractivity contribution in [2.24, 2.45) is 5.92 Å². The fraction of sp³-hybridized carbons (Fsp3) is 0.571. The van der Waals surface area contributed by atoms with E-state index in [-0.39, 0.29) is 17.9 Å². The van der Waals surface area contributed by atoms with Gasteiger partial charge in [-0.05, 0) is 82.1 Å². The van der Waals surface area contributed by atoms with Gasteiger partial charge in [0.2, 0.25) is 15.9 Å². The Kier molecular flexibility index (Phi) is 5.12. The molecular weight excluding hydrogens is 360 g/mol. The van der Waals surface area contributed by atoms with E-state index in [0.717, 1.165) is 43.4 Å². The van der Waals surface area contributed by atoms with Crippen LogP contribution in [0.5, 0.6) is 0 Å². The van der Waals surface area contributed by atoms with Crippen molar-refractivity contribution in [2.45, 2.75) is 69.2 Å². The Bertz CT molecular complexity index is 871. The lowest BCUT2D eigenvalue weighted by atomic mass is 9.97. The normalized spacial score (nSPS) is 22.5. The van der Waals surface area contributed by atoms with Gasteiger partial charge < -0.3 is 4.90 Å². The first kappa shape index (κ1) is 18.7. The maximum absolute atomic E-state index is 12.7. The molecule has 1 amide bonds. The van der Waals surface area contributed by atoms with E-state index in [1.165, 1.54) is 18.4 Å². The summed E-state index contributed by atoms with van der Waals surface area (Å²) in [6, 6.07) is 5.27. The molecule has 0 aromatic heterocycles. The number of benzene rings is 1. The topological polar surface area (TPSA) is 66.5 Å². The molecule has 1 heterocycles. The number of allylic oxidation sites excluding steroid dienone is 1. The minimum absolute atomic E-state index is 0.0947. The van der Waals surface area contributed by atoms with E-state index in [1.54, 1.807) is 18.2 Å². The van der Waals surface area contributed by atoms with E-state index in [0.29, 0.717) is 17.9 Å². The smallest absolute Gasteiger partial charge is 0.240 e. The molecule has 0 spiro atoms. The summed E-state index contributed by atoms with van der Waals surface area (Å²) in [5.74, 6) is 0.355. The van der Waals surface area contributed by atoms with E-state index < -0.39 is 10.0 Å². The van der Waals surface area contributed by atoms with Crippen molar-refractivity contribution < 1.29 is 13.2 Å². The Morgan fingerprint density at radius 1 is 1.26 bits per heavy atom. The molecular formula is C21H28N2O3S. The Labute approximate surface area is 161 Å². The first-order valence-corrected chi connectivity index (χ1v) is 11.6. The second-order valence-electron chi connectivity index (χ2n) is 8.08. The minimum atomic E-state index is -3.52. The lowest BCUT2D eigenvalue weighted by Gasteiger charge is -2.22. The van der Waals surface area contributed by atoms with Crippen molar-refractivity contribution >= 4 is 21.6 Å². The van der Waals surface area contributed by atoms with Gasteiger partial charge in [0.25, 0.3) is 0 Å². The summed E-state index contributed by atoms with van der Waals surface area (Å²) in [6.07, 6.45) is 10.3. The summed E-state index contributed by atoms with van der Waals surface area (Å²) in [4.78, 5) is 14.7. The molecule has 146 valence electrons. The van der Waals surface area contributed by atoms with E-state index in [1.807, 2.05) is 11.8 Å². The van der Waals surface area contributed by atoms with Crippen LogP contribution in [0.1, 0.15) is 57.4 Å². The van der Waals surface area contributed by atoms with Gasteiger partial charge in [0.1, 0.15) is 0 Å². The number of sulfonamides is 1. The van der Waals surface area contributed by atoms with Gasteiger partial charge in [-0.25, -0.2) is 13.1 Å². The highest BCUT2D eigenvalue weighted by Crippen LogP contribution is 2.39. The van der Waals surface area contributed by atoms with Crippen LogP contribution in [0.4, 0.5) is 5.69 Å². The highest BCUT2D eigenvalue weighted by Gasteiger charge is 2.39. The number of anilines is 1. The molecule has 27 heavy (non-hydrogen) atoms. The van der Waals surface area contributed by atoms with Crippen molar-refractivity contribution in [2.75, 3.05) is 11.4 Å². The van der Waals surface area contributed by atoms with Crippen LogP contribution in [-0.4, -0.2) is 26.9 Å². The van der Waals surface area contributed by atoms with Crippen LogP contribution < -0.4 is 9.62 Å². The third-order valence-electron chi connectivity index (χ3n) is 5.86. The zero-order chi connectivity index (χ0) is 19.0. The van der Waals surface area contributed by atoms with Crippen molar-refractivity contribution in [3.63, 3.8) is 0 Å². The zero-order valence-corrected chi connectivity index (χ0v) is 16.7. The molecule has 1 aromatic carbocycles. The van der Waals surface area contributed by atoms with E-state index >= 15 is 0 Å². The zero-order valence-electron chi connectivity index (χ0n) is 15.9. The van der Waals surface area contributed by atoms with Gasteiger partial charge in [-0.2, -0.15) is 0 Å². The summed E-state index contributed by atoms with van der Waals surface area (Å²) in [6.45, 7) is 2.47. The molecule has 3 aliphatic rings. The lowest BCUT2D eigenvalue weighted by Crippen LogP contribution is -2.36. The summed E-state index contributed by atoms with van der Waals surface area (Å²) in [5, 5.41) is 0. The second-order valence-corrected chi connectivity index (χ2v) is 9.85. The molecule has 1 aromatic rings. The Hall–Kier alpha value is -1.66. The molecule has 0 bridgehead atoms. The van der Waals surface area contributed by atoms with Gasteiger partial charge in [0, 0.05) is 24.2 Å². The average molecular weight is 389 g/mol. The Balaban J connectivity index is 1.45. The predicted octanol–water partition coefficient (Wildman–Crippen LogP) is 3.54. The first-order chi connectivity index (χ1) is 13.0. The van der Waals surface area contributed by atoms with Gasteiger partial charge in [-0.3, -0.25) is 4.79 Å². The number of nitrogens with zero attached hydrogens (tertiary/aromatic N) is 1. The molecule has 1 saturated carbocycles. The number of rotatable bonds is 6. The summed E-state index contributed by atoms with van der Waals surface area (Å²) >= 11 is 0. The number of nitrogens with one attached hydrogen (secondary N) is 1. The van der Waals surface area contributed by atoms with Gasteiger partial charge >= 0.3 is 0 Å². The monoisotopic (exact) mass is 388 g/mol. The third-order valence-corrected chi connectivity index (χ3v) is 7.32. The number of hydrogen-bond acceptors (Lipinski definition) is 3. The molecule has 0 saturated heterocycles. The quantitative estimate of drug-likeness (QED) is 0.758. The standard InChI is InChI=1S/C21H28N2O3S/c1-15-13-18-14-19(9-10-20(18)23(15)21(24)17-7-8-17)27(25,26)22-12-11-16-5-3-2-4-6-16/h5,9-10,14-15,17,22H,2-4,6-8,11-13H2,1H3. The van der Waals surface area contributed by atoms with E-state index in [9.17, 15) is 13.2 Å². The van der Waals surface area contributed by atoms with Crippen LogP contribution in [0.15, 0.2) is 34.7 Å². The van der Waals surface area contributed by atoms with Crippen LogP contribution in [0, 0.1) is 5.92 Å². The fourth-order valence-corrected chi connectivity index (χ4v) is 5.28. The maximum atomic E-state index is 12.7. The van der Waals surface area contributed by atoms with Crippen molar-refractivity contribution in [1.82, 2.24) is 4.72 Å². The molecule has 1 unspecified atom stereocenters. The molecule has 6 heteroatoms. The number of hydrogen-bond donors (Lipinski definition) is 1. The first-order valence-electron chi connectivity index (χ1n) is 10.1. The molecule has 1 atom stereocenters. The molecule has 2 aliphatic carbocycles. The van der Waals surface area contributed by atoms with Crippen molar-refractivity contribution in [3.05, 3.63) is 35.4 Å². The van der Waals surface area contributed by atoms with Crippen LogP contribution in [0.3, 0.4) is 0 Å². The maximum Gasteiger partial charge on any atom is 0.240 e. The number of carbonyl (C=O) groups is 1. The lowest BCUT2D eigenvalue weighted by molar-refractivity contribution is -0.120. The number of carbonyl (C=O) groups excluding carboxylic acids is 1. The molecule has 1 N–H and O–H groups in total. The highest BCUT2D eigenvalue weighted by atomic mass is 32.2. The van der Waals surface area contributed by atoms with E-state index in [2.05, 4.69) is 10.8 Å². The summed E-state index contributed by atoms with van der Waals surface area (Å²) < 4.78 is 28.1. The van der Waals surface area contributed by atoms with Crippen LogP contribution in [0.25, 0.3) is 0 Å². The van der Waals surface area contributed by atoms with Gasteiger partial charge in [-0.1, -0.05) is 11.6 Å². The molecule has 4 rings (SSSR count). The van der Waals surface area contributed by atoms with Gasteiger partial charge in [0.05, 0.1) is 4.90 Å². The van der Waals surface area contributed by atoms with E-state index in [4.69, 9.17) is 0 Å². The minimum Gasteiger partial charge on any atom is -0.309 e. The Morgan fingerprint density at radius 2 is 2.07 bits per heavy atom. The largest absolute Gasteiger partial charge is 0.309 e. The van der Waals surface area contributed by atoms with Gasteiger partial charge in [-0.15, -0.1) is 0 Å². The van der Waals surface area contributed by atoms with Crippen molar-refractivity contribution in [1.29, 1.82) is 0 Å². The molecule has 1 fully saturated rings. The molecule has 5 nitrogen and oxygen atoms in total. The van der Waals surface area contributed by atoms with Crippen LogP contribution in [-0.2, 0) is 21.2 Å². The Morgan fingerprint density at radius 3 is 2.78 bits per heavy atom. The third kappa shape index (κ3) is 3.97.